The van der Waals surface area contributed by atoms with Gasteiger partial charge < -0.3 is 19.1 Å². The Kier molecular flexibility index (Phi) is 3.83. The molecule has 0 saturated heterocycles. The maximum Gasteiger partial charge on any atom is 0.219 e. The van der Waals surface area contributed by atoms with E-state index in [1.807, 2.05) is 19.2 Å². The maximum absolute atomic E-state index is 11.7. The molecule has 0 N–H and O–H groups in total. The van der Waals surface area contributed by atoms with E-state index in [1.165, 1.54) is 11.1 Å². The summed E-state index contributed by atoms with van der Waals surface area (Å²) in [5.41, 5.74) is 3.15. The first kappa shape index (κ1) is 16.8. The molecule has 0 bridgehead atoms. The molecule has 0 unspecified atom stereocenters. The molecule has 0 radical (unpaired) electrons. The van der Waals surface area contributed by atoms with Crippen LogP contribution in [0.1, 0.15) is 24.5 Å². The number of allylic oxidation sites excluding steroid dienone is 4. The van der Waals surface area contributed by atoms with Crippen molar-refractivity contribution in [2.45, 2.75) is 25.2 Å². The molecule has 2 aliphatic carbocycles. The molecule has 1 aromatic rings. The van der Waals surface area contributed by atoms with Crippen LogP contribution in [0.15, 0.2) is 47.5 Å². The number of amides is 1. The van der Waals surface area contributed by atoms with Crippen molar-refractivity contribution in [3.63, 3.8) is 0 Å². The zero-order chi connectivity index (χ0) is 18.5. The lowest BCUT2D eigenvalue weighted by molar-refractivity contribution is -0.127. The van der Waals surface area contributed by atoms with Crippen molar-refractivity contribution in [3.8, 4) is 11.5 Å². The summed E-state index contributed by atoms with van der Waals surface area (Å²) in [4.78, 5) is 13.5. The molecule has 0 aromatic heterocycles. The van der Waals surface area contributed by atoms with Crippen LogP contribution in [0.2, 0.25) is 0 Å². The summed E-state index contributed by atoms with van der Waals surface area (Å²) in [6, 6.07) is 4.07. The monoisotopic (exact) mass is 353 g/mol. The highest BCUT2D eigenvalue weighted by Crippen LogP contribution is 2.60. The van der Waals surface area contributed by atoms with Crippen LogP contribution in [-0.4, -0.2) is 38.6 Å². The van der Waals surface area contributed by atoms with E-state index in [1.54, 1.807) is 26.0 Å². The molecule has 5 heteroatoms. The Morgan fingerprint density at radius 3 is 2.77 bits per heavy atom. The van der Waals surface area contributed by atoms with Crippen LogP contribution < -0.4 is 9.47 Å². The first-order valence-electron chi connectivity index (χ1n) is 8.80. The van der Waals surface area contributed by atoms with Gasteiger partial charge in [0.25, 0.3) is 0 Å². The van der Waals surface area contributed by atoms with Crippen LogP contribution in [0.4, 0.5) is 0 Å². The molecule has 1 atom stereocenters. The summed E-state index contributed by atoms with van der Waals surface area (Å²) in [6.07, 6.45) is 7.91. The van der Waals surface area contributed by atoms with Gasteiger partial charge in [-0.15, -0.1) is 0 Å². The average Bonchev–Trinajstić information content (AvgIpc) is 3.01. The molecule has 0 saturated carbocycles. The molecule has 1 aromatic carbocycles. The van der Waals surface area contributed by atoms with Gasteiger partial charge in [-0.25, -0.2) is 0 Å². The third-order valence-electron chi connectivity index (χ3n) is 5.70. The normalized spacial score (nSPS) is 21.8. The van der Waals surface area contributed by atoms with Crippen LogP contribution in [0.5, 0.6) is 11.5 Å². The first-order chi connectivity index (χ1) is 12.5. The Morgan fingerprint density at radius 2 is 2.08 bits per heavy atom. The Labute approximate surface area is 153 Å². The van der Waals surface area contributed by atoms with Gasteiger partial charge in [-0.3, -0.25) is 4.79 Å². The maximum atomic E-state index is 11.7. The molecule has 5 nitrogen and oxygen atoms in total. The van der Waals surface area contributed by atoms with E-state index in [0.717, 1.165) is 41.4 Å². The zero-order valence-corrected chi connectivity index (χ0v) is 15.6. The number of hydrogen-bond acceptors (Lipinski definition) is 4. The number of nitrogens with zero attached hydrogens (tertiary/aromatic N) is 1. The third-order valence-corrected chi connectivity index (χ3v) is 5.70. The first-order valence-corrected chi connectivity index (χ1v) is 8.80. The van der Waals surface area contributed by atoms with E-state index in [0.29, 0.717) is 6.54 Å². The number of hydrogen-bond donors (Lipinski definition) is 0. The fourth-order valence-corrected chi connectivity index (χ4v) is 4.23. The predicted molar refractivity (Wildman–Crippen MR) is 98.2 cm³/mol. The quantitative estimate of drug-likeness (QED) is 0.816. The van der Waals surface area contributed by atoms with Gasteiger partial charge in [-0.2, -0.15) is 0 Å². The lowest BCUT2D eigenvalue weighted by Crippen LogP contribution is -2.38. The second-order valence-corrected chi connectivity index (χ2v) is 6.92. The van der Waals surface area contributed by atoms with E-state index in [-0.39, 0.29) is 5.91 Å². The molecule has 1 aliphatic heterocycles. The van der Waals surface area contributed by atoms with Crippen LogP contribution in [0, 0.1) is 0 Å². The Morgan fingerprint density at radius 1 is 1.27 bits per heavy atom. The smallest absolute Gasteiger partial charge is 0.219 e. The molecule has 1 amide bonds. The van der Waals surface area contributed by atoms with Gasteiger partial charge in [-0.1, -0.05) is 18.2 Å². The van der Waals surface area contributed by atoms with Crippen molar-refractivity contribution in [3.05, 3.63) is 58.6 Å². The summed E-state index contributed by atoms with van der Waals surface area (Å²) < 4.78 is 17.5. The summed E-state index contributed by atoms with van der Waals surface area (Å²) >= 11 is 0. The number of methoxy groups -OCH3 is 2. The van der Waals surface area contributed by atoms with Crippen molar-refractivity contribution in [1.82, 2.24) is 4.90 Å². The number of benzene rings is 1. The fraction of sp³-hybridized carbons (Fsp3) is 0.381. The van der Waals surface area contributed by atoms with E-state index in [9.17, 15) is 4.79 Å². The number of carbonyl (C=O) groups excluding carboxylic acids is 1. The Bertz CT molecular complexity index is 880. The van der Waals surface area contributed by atoms with Gasteiger partial charge in [-0.05, 0) is 36.1 Å². The van der Waals surface area contributed by atoms with Crippen molar-refractivity contribution in [2.24, 2.45) is 0 Å². The molecular weight excluding hydrogens is 330 g/mol. The van der Waals surface area contributed by atoms with Crippen molar-refractivity contribution in [1.29, 1.82) is 0 Å². The summed E-state index contributed by atoms with van der Waals surface area (Å²) in [6.45, 7) is 2.21. The highest BCUT2D eigenvalue weighted by molar-refractivity contribution is 5.73. The molecule has 1 heterocycles. The van der Waals surface area contributed by atoms with Crippen LogP contribution in [-0.2, 0) is 21.4 Å². The standard InChI is InChI=1S/C21H23NO4/c1-13(23)22(2)12-11-21-15-7-5-14-6-9-16(24-3)19(18(14)21)26-20(21)17(25-4)10-8-15/h6-10H,5,11-12H2,1-4H3/t21-/m0/s1. The third kappa shape index (κ3) is 2.13. The lowest BCUT2D eigenvalue weighted by Gasteiger charge is -2.38. The minimum atomic E-state index is -0.429. The highest BCUT2D eigenvalue weighted by Gasteiger charge is 2.54. The Hall–Kier alpha value is -2.69. The zero-order valence-electron chi connectivity index (χ0n) is 15.6. The SMILES string of the molecule is COC1=C2Oc3c(OC)ccc4c3[C@]2(CCN(C)C(C)=O)C(=CC4)C=C1. The molecule has 3 aliphatic rings. The average molecular weight is 353 g/mol. The number of ether oxygens (including phenoxy) is 3. The lowest BCUT2D eigenvalue weighted by atomic mass is 9.64. The van der Waals surface area contributed by atoms with E-state index in [4.69, 9.17) is 14.2 Å². The van der Waals surface area contributed by atoms with Gasteiger partial charge in [0.1, 0.15) is 0 Å². The van der Waals surface area contributed by atoms with Crippen molar-refractivity contribution < 1.29 is 19.0 Å². The molecule has 4 rings (SSSR count). The molecule has 0 fully saturated rings. The minimum absolute atomic E-state index is 0.0536. The van der Waals surface area contributed by atoms with Crippen molar-refractivity contribution >= 4 is 5.91 Å². The second kappa shape index (κ2) is 5.94. The number of rotatable bonds is 5. The molecule has 26 heavy (non-hydrogen) atoms. The van der Waals surface area contributed by atoms with Gasteiger partial charge >= 0.3 is 0 Å². The van der Waals surface area contributed by atoms with Crippen molar-refractivity contribution in [2.75, 3.05) is 27.8 Å². The van der Waals surface area contributed by atoms with Crippen LogP contribution in [0.25, 0.3) is 0 Å². The topological polar surface area (TPSA) is 48.0 Å². The Balaban J connectivity index is 1.92. The summed E-state index contributed by atoms with van der Waals surface area (Å²) in [7, 11) is 5.14. The van der Waals surface area contributed by atoms with Crippen LogP contribution in [0.3, 0.4) is 0 Å². The van der Waals surface area contributed by atoms with Gasteiger partial charge in [0.05, 0.1) is 19.6 Å². The fourth-order valence-electron chi connectivity index (χ4n) is 4.23. The predicted octanol–water partition coefficient (Wildman–Crippen LogP) is 3.10. The minimum Gasteiger partial charge on any atom is -0.493 e. The summed E-state index contributed by atoms with van der Waals surface area (Å²) in [5.74, 6) is 3.07. The number of carbonyl (C=O) groups is 1. The molecule has 136 valence electrons. The van der Waals surface area contributed by atoms with Crippen LogP contribution >= 0.6 is 0 Å². The van der Waals surface area contributed by atoms with E-state index < -0.39 is 5.41 Å². The molecule has 0 spiro atoms. The highest BCUT2D eigenvalue weighted by atomic mass is 16.5. The largest absolute Gasteiger partial charge is 0.493 e. The van der Waals surface area contributed by atoms with Gasteiger partial charge in [0.15, 0.2) is 23.0 Å². The van der Waals surface area contributed by atoms with E-state index in [2.05, 4.69) is 18.2 Å². The summed E-state index contributed by atoms with van der Waals surface area (Å²) in [5, 5.41) is 0. The molecular formula is C21H23NO4. The van der Waals surface area contributed by atoms with Gasteiger partial charge in [0, 0.05) is 26.1 Å². The second-order valence-electron chi connectivity index (χ2n) is 6.92. The van der Waals surface area contributed by atoms with Gasteiger partial charge in [0.2, 0.25) is 5.91 Å². The van der Waals surface area contributed by atoms with E-state index >= 15 is 0 Å².